The average Bonchev–Trinajstić information content (AvgIpc) is 2.68. The Kier molecular flexibility index (Phi) is 8.61. The number of hydrogen-bond acceptors (Lipinski definition) is 7. The third-order valence-corrected chi connectivity index (χ3v) is 7.32. The van der Waals surface area contributed by atoms with E-state index in [9.17, 15) is 16.8 Å². The first-order valence-corrected chi connectivity index (χ1v) is 11.5. The number of rotatable bonds is 11. The molecule has 0 aromatic heterocycles. The number of nitrogens with zero attached hydrogens (tertiary/aromatic N) is 1. The van der Waals surface area contributed by atoms with Crippen LogP contribution in [0.4, 0.5) is 0 Å². The van der Waals surface area contributed by atoms with Crippen molar-refractivity contribution in [2.75, 3.05) is 59.8 Å². The van der Waals surface area contributed by atoms with Gasteiger partial charge in [-0.25, -0.2) is 21.6 Å². The van der Waals surface area contributed by atoms with Crippen molar-refractivity contribution >= 4 is 20.0 Å². The van der Waals surface area contributed by atoms with Crippen LogP contribution in [0.5, 0.6) is 0 Å². The molecule has 27 heavy (non-hydrogen) atoms. The zero-order valence-electron chi connectivity index (χ0n) is 15.3. The minimum absolute atomic E-state index is 0.0173. The molecule has 0 radical (unpaired) electrons. The van der Waals surface area contributed by atoms with Gasteiger partial charge in [-0.1, -0.05) is 0 Å². The van der Waals surface area contributed by atoms with E-state index in [-0.39, 0.29) is 29.4 Å². The lowest BCUT2D eigenvalue weighted by Crippen LogP contribution is -2.40. The lowest BCUT2D eigenvalue weighted by Gasteiger charge is -2.26. The molecule has 9 nitrogen and oxygen atoms in total. The molecule has 0 saturated carbocycles. The molecule has 0 bridgehead atoms. The van der Waals surface area contributed by atoms with Gasteiger partial charge in [-0.3, -0.25) is 0 Å². The normalized spacial score (nSPS) is 16.5. The topological polar surface area (TPSA) is 111 Å². The van der Waals surface area contributed by atoms with Crippen LogP contribution in [0.25, 0.3) is 0 Å². The van der Waals surface area contributed by atoms with Crippen LogP contribution in [-0.2, 0) is 34.3 Å². The number of benzene rings is 1. The van der Waals surface area contributed by atoms with E-state index in [0.29, 0.717) is 39.5 Å². The van der Waals surface area contributed by atoms with Crippen molar-refractivity contribution in [1.82, 2.24) is 9.03 Å². The van der Waals surface area contributed by atoms with Crippen molar-refractivity contribution in [2.24, 2.45) is 0 Å². The fourth-order valence-electron chi connectivity index (χ4n) is 2.44. The molecule has 0 atom stereocenters. The van der Waals surface area contributed by atoms with Crippen molar-refractivity contribution in [3.8, 4) is 0 Å². The monoisotopic (exact) mass is 422 g/mol. The Morgan fingerprint density at radius 2 is 1.63 bits per heavy atom. The number of hydrogen-bond donors (Lipinski definition) is 1. The van der Waals surface area contributed by atoms with Gasteiger partial charge in [-0.15, -0.1) is 0 Å². The van der Waals surface area contributed by atoms with Gasteiger partial charge >= 0.3 is 0 Å². The molecule has 1 aromatic rings. The maximum atomic E-state index is 12.5. The van der Waals surface area contributed by atoms with Gasteiger partial charge < -0.3 is 14.2 Å². The summed E-state index contributed by atoms with van der Waals surface area (Å²) in [7, 11) is -5.77. The van der Waals surface area contributed by atoms with Crippen molar-refractivity contribution in [3.63, 3.8) is 0 Å². The lowest BCUT2D eigenvalue weighted by atomic mass is 10.4. The predicted molar refractivity (Wildman–Crippen MR) is 98.5 cm³/mol. The minimum atomic E-state index is -3.70. The summed E-state index contributed by atoms with van der Waals surface area (Å²) in [5, 5.41) is 0. The summed E-state index contributed by atoms with van der Waals surface area (Å²) in [6.07, 6.45) is 0.520. The zero-order chi connectivity index (χ0) is 19.8. The Balaban J connectivity index is 1.91. The molecule has 11 heteroatoms. The van der Waals surface area contributed by atoms with Crippen LogP contribution in [0.3, 0.4) is 0 Å². The smallest absolute Gasteiger partial charge is 0.243 e. The summed E-state index contributed by atoms with van der Waals surface area (Å²) in [6, 6.07) is 5.22. The van der Waals surface area contributed by atoms with Gasteiger partial charge in [-0.05, 0) is 30.7 Å². The highest BCUT2D eigenvalue weighted by Gasteiger charge is 2.26. The molecule has 2 rings (SSSR count). The van der Waals surface area contributed by atoms with Crippen LogP contribution < -0.4 is 4.72 Å². The number of nitrogens with one attached hydrogen (secondary N) is 1. The quantitative estimate of drug-likeness (QED) is 0.501. The van der Waals surface area contributed by atoms with Crippen molar-refractivity contribution < 1.29 is 31.0 Å². The van der Waals surface area contributed by atoms with Crippen LogP contribution >= 0.6 is 0 Å². The van der Waals surface area contributed by atoms with E-state index in [0.717, 1.165) is 0 Å². The van der Waals surface area contributed by atoms with Crippen LogP contribution in [0.2, 0.25) is 0 Å². The second kappa shape index (κ2) is 10.5. The summed E-state index contributed by atoms with van der Waals surface area (Å²) in [5.41, 5.74) is 0. The molecular formula is C16H26N2O7S2. The highest BCUT2D eigenvalue weighted by atomic mass is 32.2. The van der Waals surface area contributed by atoms with Crippen molar-refractivity contribution in [2.45, 2.75) is 16.2 Å². The molecule has 1 aromatic carbocycles. The second-order valence-electron chi connectivity index (χ2n) is 5.84. The van der Waals surface area contributed by atoms with Gasteiger partial charge in [0.05, 0.1) is 36.2 Å². The summed E-state index contributed by atoms with van der Waals surface area (Å²) >= 11 is 0. The Hall–Kier alpha value is -1.08. The SMILES string of the molecule is COCCOCCCNS(=O)(=O)c1ccc(S(=O)(=O)N2CCOCC2)cc1. The molecule has 154 valence electrons. The summed E-state index contributed by atoms with van der Waals surface area (Å²) < 4.78 is 68.7. The number of methoxy groups -OCH3 is 1. The van der Waals surface area contributed by atoms with E-state index >= 15 is 0 Å². The lowest BCUT2D eigenvalue weighted by molar-refractivity contribution is 0.0699. The first-order chi connectivity index (χ1) is 12.9. The molecular weight excluding hydrogens is 396 g/mol. The highest BCUT2D eigenvalue weighted by molar-refractivity contribution is 7.89. The molecule has 1 fully saturated rings. The first-order valence-electron chi connectivity index (χ1n) is 8.62. The Morgan fingerprint density at radius 3 is 2.26 bits per heavy atom. The summed E-state index contributed by atoms with van der Waals surface area (Å²) in [5.74, 6) is 0. The van der Waals surface area contributed by atoms with E-state index in [1.807, 2.05) is 0 Å². The van der Waals surface area contributed by atoms with Crippen LogP contribution in [0.15, 0.2) is 34.1 Å². The summed E-state index contributed by atoms with van der Waals surface area (Å²) in [6.45, 7) is 2.88. The van der Waals surface area contributed by atoms with Gasteiger partial charge in [0.2, 0.25) is 20.0 Å². The molecule has 1 saturated heterocycles. The Morgan fingerprint density at radius 1 is 1.00 bits per heavy atom. The Labute approximate surface area is 160 Å². The average molecular weight is 423 g/mol. The fourth-order valence-corrected chi connectivity index (χ4v) is 4.92. The molecule has 1 aliphatic rings. The molecule has 0 amide bonds. The van der Waals surface area contributed by atoms with Gasteiger partial charge in [0.1, 0.15) is 0 Å². The van der Waals surface area contributed by atoms with Gasteiger partial charge in [-0.2, -0.15) is 4.31 Å². The van der Waals surface area contributed by atoms with E-state index < -0.39 is 20.0 Å². The van der Waals surface area contributed by atoms with E-state index in [4.69, 9.17) is 14.2 Å². The standard InChI is InChI=1S/C16H26N2O7S2/c1-23-13-14-24-10-2-7-17-26(19,20)15-3-5-16(6-4-15)27(21,22)18-8-11-25-12-9-18/h3-6,17H,2,7-14H2,1H3. The second-order valence-corrected chi connectivity index (χ2v) is 9.55. The predicted octanol–water partition coefficient (Wildman–Crippen LogP) is 0.0389. The third kappa shape index (κ3) is 6.49. The zero-order valence-corrected chi connectivity index (χ0v) is 16.9. The molecule has 0 aliphatic carbocycles. The molecule has 1 aliphatic heterocycles. The van der Waals surface area contributed by atoms with Crippen molar-refractivity contribution in [1.29, 1.82) is 0 Å². The van der Waals surface area contributed by atoms with Crippen LogP contribution in [0.1, 0.15) is 6.42 Å². The van der Waals surface area contributed by atoms with Crippen LogP contribution in [-0.4, -0.2) is 80.9 Å². The molecule has 1 heterocycles. The number of ether oxygens (including phenoxy) is 3. The number of morpholine rings is 1. The molecule has 0 spiro atoms. The highest BCUT2D eigenvalue weighted by Crippen LogP contribution is 2.19. The van der Waals surface area contributed by atoms with Gasteiger partial charge in [0.15, 0.2) is 0 Å². The maximum absolute atomic E-state index is 12.5. The van der Waals surface area contributed by atoms with Crippen LogP contribution in [0, 0.1) is 0 Å². The number of sulfonamides is 2. The summed E-state index contributed by atoms with van der Waals surface area (Å²) in [4.78, 5) is 0.0821. The fraction of sp³-hybridized carbons (Fsp3) is 0.625. The maximum Gasteiger partial charge on any atom is 0.243 e. The van der Waals surface area contributed by atoms with E-state index in [2.05, 4.69) is 4.72 Å². The van der Waals surface area contributed by atoms with Gasteiger partial charge in [0, 0.05) is 33.4 Å². The van der Waals surface area contributed by atoms with E-state index in [1.165, 1.54) is 28.6 Å². The first kappa shape index (κ1) is 22.2. The Bertz CT molecular complexity index is 773. The van der Waals surface area contributed by atoms with E-state index in [1.54, 1.807) is 7.11 Å². The van der Waals surface area contributed by atoms with Crippen molar-refractivity contribution in [3.05, 3.63) is 24.3 Å². The van der Waals surface area contributed by atoms with Gasteiger partial charge in [0.25, 0.3) is 0 Å². The largest absolute Gasteiger partial charge is 0.382 e. The minimum Gasteiger partial charge on any atom is -0.382 e. The third-order valence-electron chi connectivity index (χ3n) is 3.93. The molecule has 0 unspecified atom stereocenters. The molecule has 1 N–H and O–H groups in total.